The van der Waals surface area contributed by atoms with Crippen molar-refractivity contribution in [1.29, 1.82) is 0 Å². The van der Waals surface area contributed by atoms with Crippen LogP contribution < -0.4 is 0 Å². The number of para-hydroxylation sites is 1. The first-order valence-electron chi connectivity index (χ1n) is 4.70. The molecule has 0 saturated carbocycles. The maximum absolute atomic E-state index is 12.7. The molecule has 3 nitrogen and oxygen atoms in total. The van der Waals surface area contributed by atoms with E-state index >= 15 is 0 Å². The lowest BCUT2D eigenvalue weighted by molar-refractivity contribution is -0.136. The molecule has 0 atom stereocenters. The van der Waals surface area contributed by atoms with Crippen LogP contribution in [-0.4, -0.2) is 15.3 Å². The lowest BCUT2D eigenvalue weighted by Gasteiger charge is -2.11. The third-order valence-corrected chi connectivity index (χ3v) is 2.57. The highest BCUT2D eigenvalue weighted by Crippen LogP contribution is 2.36. The number of hydrogen-bond acceptors (Lipinski definition) is 3. The molecular formula is C11H5ClF3NO2. The quantitative estimate of drug-likeness (QED) is 0.812. The normalized spacial score (nSPS) is 11.8. The average Bonchev–Trinajstić information content (AvgIpc) is 2.25. The Bertz CT molecular complexity index is 640. The third-order valence-electron chi connectivity index (χ3n) is 2.38. The van der Waals surface area contributed by atoms with Gasteiger partial charge in [0.05, 0.1) is 22.8 Å². The van der Waals surface area contributed by atoms with Crippen LogP contribution in [0, 0.1) is 0 Å². The first kappa shape index (κ1) is 12.6. The minimum atomic E-state index is -4.60. The molecule has 1 aromatic heterocycles. The molecule has 7 heteroatoms. The molecule has 0 bridgehead atoms. The van der Waals surface area contributed by atoms with Gasteiger partial charge < -0.3 is 5.11 Å². The van der Waals surface area contributed by atoms with E-state index in [1.54, 1.807) is 0 Å². The largest absolute Gasteiger partial charge is 0.505 e. The van der Waals surface area contributed by atoms with Crippen LogP contribution in [0.15, 0.2) is 24.4 Å². The maximum atomic E-state index is 12.7. The topological polar surface area (TPSA) is 50.2 Å². The van der Waals surface area contributed by atoms with Gasteiger partial charge in [-0.3, -0.25) is 9.78 Å². The molecule has 94 valence electrons. The summed E-state index contributed by atoms with van der Waals surface area (Å²) in [4.78, 5) is 14.6. The molecule has 1 heterocycles. The number of alkyl halides is 3. The van der Waals surface area contributed by atoms with E-state index in [4.69, 9.17) is 11.6 Å². The van der Waals surface area contributed by atoms with Crippen LogP contribution in [0.5, 0.6) is 5.75 Å². The van der Waals surface area contributed by atoms with Crippen LogP contribution in [0.2, 0.25) is 0 Å². The van der Waals surface area contributed by atoms with Crippen molar-refractivity contribution in [3.8, 4) is 5.75 Å². The number of pyridine rings is 1. The summed E-state index contributed by atoms with van der Waals surface area (Å²) >= 11 is 5.25. The van der Waals surface area contributed by atoms with Gasteiger partial charge in [-0.15, -0.1) is 0 Å². The summed E-state index contributed by atoms with van der Waals surface area (Å²) in [5, 5.41) is 8.25. The number of nitrogens with zero attached hydrogens (tertiary/aromatic N) is 1. The first-order valence-corrected chi connectivity index (χ1v) is 5.08. The van der Waals surface area contributed by atoms with Crippen molar-refractivity contribution in [2.75, 3.05) is 0 Å². The van der Waals surface area contributed by atoms with Gasteiger partial charge in [0.25, 0.3) is 5.24 Å². The van der Waals surface area contributed by atoms with E-state index in [9.17, 15) is 23.1 Å². The standard InChI is InChI=1S/C11H5ClF3NO2/c12-10(18)8-5-2-1-3-6(11(13,14)15)9(5)16-4-7(8)17/h1-4,17H. The molecule has 0 aliphatic carbocycles. The Labute approximate surface area is 104 Å². The molecule has 0 spiro atoms. The SMILES string of the molecule is O=C(Cl)c1c(O)cnc2c(C(F)(F)F)cccc12. The second-order valence-electron chi connectivity index (χ2n) is 3.49. The summed E-state index contributed by atoms with van der Waals surface area (Å²) < 4.78 is 38.2. The molecule has 1 N–H and O–H groups in total. The Morgan fingerprint density at radius 2 is 2.00 bits per heavy atom. The van der Waals surface area contributed by atoms with Crippen molar-refractivity contribution in [2.45, 2.75) is 6.18 Å². The number of carbonyl (C=O) groups excluding carboxylic acids is 1. The Kier molecular flexibility index (Phi) is 2.90. The fourth-order valence-electron chi connectivity index (χ4n) is 1.65. The molecule has 2 aromatic rings. The van der Waals surface area contributed by atoms with Crippen LogP contribution in [0.25, 0.3) is 10.9 Å². The molecule has 0 unspecified atom stereocenters. The van der Waals surface area contributed by atoms with E-state index in [-0.39, 0.29) is 10.9 Å². The van der Waals surface area contributed by atoms with Crippen molar-refractivity contribution in [2.24, 2.45) is 0 Å². The predicted octanol–water partition coefficient (Wildman–Crippen LogP) is 3.34. The van der Waals surface area contributed by atoms with E-state index in [1.807, 2.05) is 0 Å². The maximum Gasteiger partial charge on any atom is 0.418 e. The Morgan fingerprint density at radius 1 is 1.33 bits per heavy atom. The van der Waals surface area contributed by atoms with E-state index in [0.717, 1.165) is 18.3 Å². The highest BCUT2D eigenvalue weighted by Gasteiger charge is 2.34. The highest BCUT2D eigenvalue weighted by molar-refractivity contribution is 6.69. The van der Waals surface area contributed by atoms with Crippen LogP contribution in [0.4, 0.5) is 13.2 Å². The second kappa shape index (κ2) is 4.13. The third kappa shape index (κ3) is 1.99. The first-order chi connectivity index (χ1) is 8.32. The van der Waals surface area contributed by atoms with Gasteiger partial charge in [0.15, 0.2) is 0 Å². The molecule has 18 heavy (non-hydrogen) atoms. The average molecular weight is 276 g/mol. The number of halogens is 4. The summed E-state index contributed by atoms with van der Waals surface area (Å²) in [5.41, 5.74) is -1.79. The monoisotopic (exact) mass is 275 g/mol. The van der Waals surface area contributed by atoms with Crippen molar-refractivity contribution in [3.63, 3.8) is 0 Å². The number of hydrogen-bond donors (Lipinski definition) is 1. The zero-order valence-electron chi connectivity index (χ0n) is 8.62. The summed E-state index contributed by atoms with van der Waals surface area (Å²) in [6.07, 6.45) is -3.83. The van der Waals surface area contributed by atoms with Gasteiger partial charge in [0, 0.05) is 5.39 Å². The molecule has 0 amide bonds. The zero-order valence-corrected chi connectivity index (χ0v) is 9.38. The van der Waals surface area contributed by atoms with Gasteiger partial charge in [-0.05, 0) is 17.7 Å². The Balaban J connectivity index is 2.90. The summed E-state index contributed by atoms with van der Waals surface area (Å²) in [6.45, 7) is 0. The van der Waals surface area contributed by atoms with Gasteiger partial charge in [-0.25, -0.2) is 0 Å². The molecular weight excluding hydrogens is 271 g/mol. The zero-order chi connectivity index (χ0) is 13.5. The number of benzene rings is 1. The van der Waals surface area contributed by atoms with Gasteiger partial charge >= 0.3 is 6.18 Å². The molecule has 0 radical (unpaired) electrons. The molecule has 0 aliphatic rings. The summed E-state index contributed by atoms with van der Waals surface area (Å²) in [5.74, 6) is -0.554. The fourth-order valence-corrected chi connectivity index (χ4v) is 1.85. The van der Waals surface area contributed by atoms with Gasteiger partial charge in [0.1, 0.15) is 5.75 Å². The molecule has 0 aliphatic heterocycles. The van der Waals surface area contributed by atoms with Gasteiger partial charge in [-0.1, -0.05) is 12.1 Å². The van der Waals surface area contributed by atoms with Crippen molar-refractivity contribution in [3.05, 3.63) is 35.5 Å². The van der Waals surface area contributed by atoms with E-state index < -0.39 is 28.2 Å². The summed E-state index contributed by atoms with van der Waals surface area (Å²) in [7, 11) is 0. The molecule has 1 aromatic carbocycles. The lowest BCUT2D eigenvalue weighted by atomic mass is 10.0. The summed E-state index contributed by atoms with van der Waals surface area (Å²) in [6, 6.07) is 3.21. The van der Waals surface area contributed by atoms with Crippen molar-refractivity contribution >= 4 is 27.7 Å². The Morgan fingerprint density at radius 3 is 2.56 bits per heavy atom. The fraction of sp³-hybridized carbons (Fsp3) is 0.0909. The Hall–Kier alpha value is -1.82. The molecule has 0 fully saturated rings. The number of carbonyl (C=O) groups is 1. The smallest absolute Gasteiger partial charge is 0.418 e. The van der Waals surface area contributed by atoms with Gasteiger partial charge in [0.2, 0.25) is 0 Å². The van der Waals surface area contributed by atoms with E-state index in [0.29, 0.717) is 0 Å². The number of rotatable bonds is 1. The van der Waals surface area contributed by atoms with Crippen LogP contribution in [0.3, 0.4) is 0 Å². The van der Waals surface area contributed by atoms with Crippen LogP contribution >= 0.6 is 11.6 Å². The minimum Gasteiger partial charge on any atom is -0.505 e. The van der Waals surface area contributed by atoms with Crippen LogP contribution in [0.1, 0.15) is 15.9 Å². The van der Waals surface area contributed by atoms with Crippen molar-refractivity contribution < 1.29 is 23.1 Å². The lowest BCUT2D eigenvalue weighted by Crippen LogP contribution is -2.07. The number of aromatic nitrogens is 1. The number of fused-ring (bicyclic) bond motifs is 1. The van der Waals surface area contributed by atoms with Gasteiger partial charge in [-0.2, -0.15) is 13.2 Å². The predicted molar refractivity (Wildman–Crippen MR) is 58.6 cm³/mol. The minimum absolute atomic E-state index is 0.134. The molecule has 2 rings (SSSR count). The highest BCUT2D eigenvalue weighted by atomic mass is 35.5. The van der Waals surface area contributed by atoms with E-state index in [1.165, 1.54) is 6.07 Å². The second-order valence-corrected chi connectivity index (χ2v) is 3.83. The van der Waals surface area contributed by atoms with Crippen LogP contribution in [-0.2, 0) is 6.18 Å². The van der Waals surface area contributed by atoms with Crippen molar-refractivity contribution in [1.82, 2.24) is 4.98 Å². The number of aromatic hydroxyl groups is 1. The van der Waals surface area contributed by atoms with E-state index in [2.05, 4.69) is 4.98 Å². The molecule has 0 saturated heterocycles.